The lowest BCUT2D eigenvalue weighted by Crippen LogP contribution is -2.35. The monoisotopic (exact) mass is 296 g/mol. The van der Waals surface area contributed by atoms with E-state index in [1.165, 1.54) is 0 Å². The third kappa shape index (κ3) is 3.48. The van der Waals surface area contributed by atoms with E-state index in [2.05, 4.69) is 19.7 Å². The first kappa shape index (κ1) is 13.9. The number of anilines is 1. The van der Waals surface area contributed by atoms with Crippen molar-refractivity contribution in [3.05, 3.63) is 36.5 Å². The van der Waals surface area contributed by atoms with Gasteiger partial charge in [-0.25, -0.2) is 9.52 Å². The molecule has 0 aliphatic heterocycles. The van der Waals surface area contributed by atoms with Gasteiger partial charge in [0.1, 0.15) is 0 Å². The zero-order valence-corrected chi connectivity index (χ0v) is 11.3. The average Bonchev–Trinajstić information content (AvgIpc) is 2.91. The number of carbonyl (C=O) groups is 1. The number of amides is 1. The van der Waals surface area contributed by atoms with E-state index in [0.717, 1.165) is 18.4 Å². The topological polar surface area (TPSA) is 113 Å². The molecule has 1 amide bonds. The summed E-state index contributed by atoms with van der Waals surface area (Å²) in [6, 6.07) is 8.37. The summed E-state index contributed by atoms with van der Waals surface area (Å²) in [7, 11) is -2.96. The Kier molecular flexibility index (Phi) is 3.89. The third-order valence-electron chi connectivity index (χ3n) is 2.33. The van der Waals surface area contributed by atoms with Crippen molar-refractivity contribution in [2.24, 2.45) is 0 Å². The lowest BCUT2D eigenvalue weighted by molar-refractivity contribution is 0.177. The number of ether oxygens (including phenoxy) is 1. The highest BCUT2D eigenvalue weighted by atomic mass is 32.2. The summed E-state index contributed by atoms with van der Waals surface area (Å²) in [5, 5.41) is 6.58. The largest absolute Gasteiger partial charge is 0.452 e. The van der Waals surface area contributed by atoms with Crippen LogP contribution in [0.2, 0.25) is 0 Å². The predicted molar refractivity (Wildman–Crippen MR) is 72.1 cm³/mol. The number of H-pyrrole nitrogens is 1. The van der Waals surface area contributed by atoms with Gasteiger partial charge in [0.25, 0.3) is 0 Å². The first-order valence-corrected chi connectivity index (χ1v) is 6.97. The van der Waals surface area contributed by atoms with Crippen molar-refractivity contribution in [3.8, 4) is 11.3 Å². The summed E-state index contributed by atoms with van der Waals surface area (Å²) >= 11 is 0. The number of rotatable bonds is 4. The molecule has 2 rings (SSSR count). The van der Waals surface area contributed by atoms with Gasteiger partial charge < -0.3 is 4.74 Å². The quantitative estimate of drug-likeness (QED) is 0.781. The Morgan fingerprint density at radius 2 is 2.15 bits per heavy atom. The number of benzene rings is 1. The molecule has 0 bridgehead atoms. The predicted octanol–water partition coefficient (Wildman–Crippen LogP) is 1.09. The van der Waals surface area contributed by atoms with Crippen molar-refractivity contribution in [3.63, 3.8) is 0 Å². The molecule has 0 aliphatic carbocycles. The molecule has 1 heterocycles. The Morgan fingerprint density at radius 3 is 2.80 bits per heavy atom. The van der Waals surface area contributed by atoms with Crippen LogP contribution >= 0.6 is 0 Å². The zero-order chi connectivity index (χ0) is 14.6. The lowest BCUT2D eigenvalue weighted by Gasteiger charge is -2.09. The minimum atomic E-state index is -4.03. The van der Waals surface area contributed by atoms with Gasteiger partial charge in [0.2, 0.25) is 0 Å². The van der Waals surface area contributed by atoms with Crippen LogP contribution in [-0.2, 0) is 14.9 Å². The van der Waals surface area contributed by atoms with Crippen LogP contribution in [0.5, 0.6) is 0 Å². The molecule has 0 fully saturated rings. The standard InChI is InChI=1S/C11H12N4O4S/c1-19-11(16)15-20(17,18)14-9-4-2-3-8(7-9)10-5-6-12-13-10/h2-7,14H,1H3,(H,12,13)(H,15,16). The molecule has 0 saturated carbocycles. The first-order valence-electron chi connectivity index (χ1n) is 5.48. The van der Waals surface area contributed by atoms with E-state index < -0.39 is 16.3 Å². The van der Waals surface area contributed by atoms with Crippen LogP contribution in [-0.4, -0.2) is 31.8 Å². The Balaban J connectivity index is 2.18. The van der Waals surface area contributed by atoms with E-state index in [1.54, 1.807) is 41.3 Å². The maximum absolute atomic E-state index is 11.6. The Hall–Kier alpha value is -2.55. The molecule has 106 valence electrons. The smallest absolute Gasteiger partial charge is 0.422 e. The van der Waals surface area contributed by atoms with Crippen molar-refractivity contribution in [1.29, 1.82) is 0 Å². The fraction of sp³-hybridized carbons (Fsp3) is 0.0909. The number of methoxy groups -OCH3 is 1. The Morgan fingerprint density at radius 1 is 1.35 bits per heavy atom. The van der Waals surface area contributed by atoms with E-state index in [-0.39, 0.29) is 0 Å². The summed E-state index contributed by atoms with van der Waals surface area (Å²) in [5.41, 5.74) is 1.79. The molecule has 0 radical (unpaired) electrons. The molecule has 20 heavy (non-hydrogen) atoms. The molecule has 2 aromatic rings. The van der Waals surface area contributed by atoms with Crippen molar-refractivity contribution < 1.29 is 17.9 Å². The SMILES string of the molecule is COC(=O)NS(=O)(=O)Nc1cccc(-c2ccn[nH]2)c1. The molecule has 1 aromatic carbocycles. The van der Waals surface area contributed by atoms with Crippen LogP contribution in [0.25, 0.3) is 11.3 Å². The molecule has 0 saturated heterocycles. The van der Waals surface area contributed by atoms with E-state index in [4.69, 9.17) is 0 Å². The maximum Gasteiger partial charge on any atom is 0.422 e. The van der Waals surface area contributed by atoms with Crippen molar-refractivity contribution in [2.75, 3.05) is 11.8 Å². The second-order valence-corrected chi connectivity index (χ2v) is 5.17. The summed E-state index contributed by atoms with van der Waals surface area (Å²) < 4.78 is 31.4. The molecule has 0 atom stereocenters. The lowest BCUT2D eigenvalue weighted by atomic mass is 10.1. The number of aromatic nitrogens is 2. The number of hydrogen-bond donors (Lipinski definition) is 3. The van der Waals surface area contributed by atoms with E-state index in [0.29, 0.717) is 5.69 Å². The highest BCUT2D eigenvalue weighted by Gasteiger charge is 2.14. The minimum Gasteiger partial charge on any atom is -0.452 e. The van der Waals surface area contributed by atoms with Crippen LogP contribution < -0.4 is 9.44 Å². The number of nitrogens with one attached hydrogen (secondary N) is 3. The maximum atomic E-state index is 11.6. The Labute approximate surface area is 115 Å². The Bertz CT molecular complexity index is 697. The van der Waals surface area contributed by atoms with Gasteiger partial charge in [0.15, 0.2) is 0 Å². The number of nitrogens with zero attached hydrogens (tertiary/aromatic N) is 1. The zero-order valence-electron chi connectivity index (χ0n) is 10.5. The summed E-state index contributed by atoms with van der Waals surface area (Å²) in [6.45, 7) is 0. The molecular weight excluding hydrogens is 284 g/mol. The van der Waals surface area contributed by atoms with Gasteiger partial charge >= 0.3 is 16.3 Å². The van der Waals surface area contributed by atoms with Gasteiger partial charge in [-0.15, -0.1) is 0 Å². The van der Waals surface area contributed by atoms with Gasteiger partial charge in [0.05, 0.1) is 18.5 Å². The molecule has 1 aromatic heterocycles. The van der Waals surface area contributed by atoms with Crippen LogP contribution in [0.1, 0.15) is 0 Å². The summed E-state index contributed by atoms with van der Waals surface area (Å²) in [6.07, 6.45) is 0.521. The molecule has 0 unspecified atom stereocenters. The van der Waals surface area contributed by atoms with E-state index in [1.807, 2.05) is 0 Å². The molecular formula is C11H12N4O4S. The summed E-state index contributed by atoms with van der Waals surface area (Å²) in [4.78, 5) is 10.9. The molecule has 9 heteroatoms. The second-order valence-electron chi connectivity index (χ2n) is 3.75. The minimum absolute atomic E-state index is 0.300. The highest BCUT2D eigenvalue weighted by molar-refractivity contribution is 7.91. The normalized spacial score (nSPS) is 10.8. The van der Waals surface area contributed by atoms with Gasteiger partial charge in [-0.1, -0.05) is 12.1 Å². The highest BCUT2D eigenvalue weighted by Crippen LogP contribution is 2.20. The summed E-state index contributed by atoms with van der Waals surface area (Å²) in [5.74, 6) is 0. The number of hydrogen-bond acceptors (Lipinski definition) is 5. The van der Waals surface area contributed by atoms with Crippen LogP contribution in [0, 0.1) is 0 Å². The first-order chi connectivity index (χ1) is 9.50. The second kappa shape index (κ2) is 5.61. The van der Waals surface area contributed by atoms with Crippen LogP contribution in [0.15, 0.2) is 36.5 Å². The van der Waals surface area contributed by atoms with E-state index >= 15 is 0 Å². The molecule has 0 aliphatic rings. The van der Waals surface area contributed by atoms with Gasteiger partial charge in [-0.05, 0) is 18.2 Å². The van der Waals surface area contributed by atoms with Crippen LogP contribution in [0.3, 0.4) is 0 Å². The van der Waals surface area contributed by atoms with Gasteiger partial charge in [0, 0.05) is 11.8 Å². The van der Waals surface area contributed by atoms with Crippen molar-refractivity contribution in [2.45, 2.75) is 0 Å². The van der Waals surface area contributed by atoms with Crippen molar-refractivity contribution in [1.82, 2.24) is 14.9 Å². The van der Waals surface area contributed by atoms with Gasteiger partial charge in [-0.2, -0.15) is 13.5 Å². The number of carbonyl (C=O) groups excluding carboxylic acids is 1. The molecule has 3 N–H and O–H groups in total. The average molecular weight is 296 g/mol. The number of aromatic amines is 1. The van der Waals surface area contributed by atoms with E-state index in [9.17, 15) is 13.2 Å². The van der Waals surface area contributed by atoms with Crippen molar-refractivity contribution >= 4 is 22.0 Å². The fourth-order valence-corrected chi connectivity index (χ4v) is 2.29. The van der Waals surface area contributed by atoms with Gasteiger partial charge in [-0.3, -0.25) is 9.82 Å². The molecule has 8 nitrogen and oxygen atoms in total. The fourth-order valence-electron chi connectivity index (χ4n) is 1.50. The third-order valence-corrected chi connectivity index (χ3v) is 3.27. The van der Waals surface area contributed by atoms with Crippen LogP contribution in [0.4, 0.5) is 10.5 Å². The molecule has 0 spiro atoms.